The number of carbonyl (C=O) groups is 3. The lowest BCUT2D eigenvalue weighted by atomic mass is 9.88. The fourth-order valence-electron chi connectivity index (χ4n) is 6.00. The number of pyridine rings is 2. The summed E-state index contributed by atoms with van der Waals surface area (Å²) in [4.78, 5) is 46.4. The standard InChI is InChI=1S/C34H30Cl2N4O5/c1-45-33-21(17-40(34(43)44)18-22-10-13-29(42)38-22)9-12-27(39-33)26-6-3-5-24(30(26)35)25-14-15-37-32(31(25)36)20-8-11-23-19(16-20)4-2-7-28(23)41/h3,5-6,8-9,11-12,14-16,22H,2,4,7,10,13,17-18H2,1H3,(H,38,42)(H,43,44). The van der Waals surface area contributed by atoms with E-state index in [1.54, 1.807) is 18.3 Å². The quantitative estimate of drug-likeness (QED) is 0.210. The number of carboxylic acid groups (broad SMARTS) is 1. The van der Waals surface area contributed by atoms with Crippen molar-refractivity contribution in [1.29, 1.82) is 0 Å². The summed E-state index contributed by atoms with van der Waals surface area (Å²) in [7, 11) is 1.48. The molecule has 4 aromatic rings. The van der Waals surface area contributed by atoms with Gasteiger partial charge in [-0.05, 0) is 49.1 Å². The van der Waals surface area contributed by atoms with Gasteiger partial charge in [0, 0.05) is 65.0 Å². The number of ether oxygens (including phenoxy) is 1. The SMILES string of the molecule is COc1nc(-c2cccc(-c3ccnc(-c4ccc5c(c4)CCCC5=O)c3Cl)c2Cl)ccc1CN(CC1CCC(=O)N1)C(=O)O. The number of Topliss-reactive ketones (excluding diaryl/α,β-unsaturated/α-hetero) is 1. The molecule has 0 bridgehead atoms. The number of hydrogen-bond donors (Lipinski definition) is 2. The van der Waals surface area contributed by atoms with E-state index in [2.05, 4.69) is 15.3 Å². The molecule has 1 aliphatic carbocycles. The Kier molecular flexibility index (Phi) is 8.74. The topological polar surface area (TPSA) is 122 Å². The number of ketones is 1. The maximum absolute atomic E-state index is 12.3. The van der Waals surface area contributed by atoms with E-state index in [4.69, 9.17) is 27.9 Å². The smallest absolute Gasteiger partial charge is 0.407 e. The number of nitrogens with zero attached hydrogens (tertiary/aromatic N) is 3. The molecule has 0 spiro atoms. The number of fused-ring (bicyclic) bond motifs is 1. The zero-order valence-electron chi connectivity index (χ0n) is 24.5. The molecular formula is C34H30Cl2N4O5. The molecule has 9 nitrogen and oxygen atoms in total. The summed E-state index contributed by atoms with van der Waals surface area (Å²) in [5, 5.41) is 13.5. The maximum atomic E-state index is 12.3. The number of hydrogen-bond acceptors (Lipinski definition) is 6. The molecule has 1 fully saturated rings. The minimum absolute atomic E-state index is 0.0399. The van der Waals surface area contributed by atoms with Gasteiger partial charge in [-0.2, -0.15) is 0 Å². The van der Waals surface area contributed by atoms with Gasteiger partial charge in [0.1, 0.15) is 0 Å². The van der Waals surface area contributed by atoms with Crippen molar-refractivity contribution >= 4 is 41.0 Å². The monoisotopic (exact) mass is 644 g/mol. The molecule has 2 aromatic carbocycles. The first-order valence-corrected chi connectivity index (χ1v) is 15.4. The van der Waals surface area contributed by atoms with Gasteiger partial charge in [-0.3, -0.25) is 14.6 Å². The van der Waals surface area contributed by atoms with Crippen LogP contribution in [0.25, 0.3) is 33.6 Å². The molecule has 230 valence electrons. The molecule has 1 atom stereocenters. The Morgan fingerprint density at radius 3 is 2.56 bits per heavy atom. The summed E-state index contributed by atoms with van der Waals surface area (Å²) in [6.45, 7) is 0.205. The van der Waals surface area contributed by atoms with Gasteiger partial charge in [-0.1, -0.05) is 53.5 Å². The summed E-state index contributed by atoms with van der Waals surface area (Å²) in [5.74, 6) is 0.357. The Hall–Kier alpha value is -4.47. The third kappa shape index (κ3) is 6.23. The molecule has 1 unspecified atom stereocenters. The minimum Gasteiger partial charge on any atom is -0.481 e. The number of methoxy groups -OCH3 is 1. The van der Waals surface area contributed by atoms with Gasteiger partial charge >= 0.3 is 6.09 Å². The third-order valence-corrected chi connectivity index (χ3v) is 9.06. The van der Waals surface area contributed by atoms with Gasteiger partial charge in [0.2, 0.25) is 11.8 Å². The van der Waals surface area contributed by atoms with Crippen LogP contribution >= 0.6 is 23.2 Å². The zero-order valence-corrected chi connectivity index (χ0v) is 26.0. The Bertz CT molecular complexity index is 1830. The Morgan fingerprint density at radius 1 is 1.00 bits per heavy atom. The first-order chi connectivity index (χ1) is 21.7. The van der Waals surface area contributed by atoms with Crippen molar-refractivity contribution in [2.45, 2.75) is 44.7 Å². The summed E-state index contributed by atoms with van der Waals surface area (Å²) < 4.78 is 5.57. The van der Waals surface area contributed by atoms with Crippen LogP contribution < -0.4 is 10.1 Å². The fraction of sp³-hybridized carbons (Fsp3) is 0.265. The Labute approximate surface area is 270 Å². The molecule has 1 aliphatic heterocycles. The van der Waals surface area contributed by atoms with E-state index in [0.29, 0.717) is 62.9 Å². The number of aromatic nitrogens is 2. The summed E-state index contributed by atoms with van der Waals surface area (Å²) in [6.07, 6.45) is 3.80. The highest BCUT2D eigenvalue weighted by atomic mass is 35.5. The van der Waals surface area contributed by atoms with E-state index in [1.165, 1.54) is 12.0 Å². The van der Waals surface area contributed by atoms with E-state index < -0.39 is 6.09 Å². The van der Waals surface area contributed by atoms with Gasteiger partial charge in [-0.15, -0.1) is 0 Å². The van der Waals surface area contributed by atoms with Crippen LogP contribution in [-0.4, -0.2) is 57.5 Å². The Morgan fingerprint density at radius 2 is 1.80 bits per heavy atom. The van der Waals surface area contributed by atoms with Crippen molar-refractivity contribution in [2.75, 3.05) is 13.7 Å². The van der Waals surface area contributed by atoms with Crippen molar-refractivity contribution in [3.8, 4) is 39.5 Å². The van der Waals surface area contributed by atoms with Gasteiger partial charge in [0.05, 0.1) is 35.1 Å². The molecule has 6 rings (SSSR count). The van der Waals surface area contributed by atoms with Crippen LogP contribution in [0.3, 0.4) is 0 Å². The second-order valence-corrected chi connectivity index (χ2v) is 11.9. The highest BCUT2D eigenvalue weighted by molar-refractivity contribution is 6.39. The van der Waals surface area contributed by atoms with E-state index in [9.17, 15) is 19.5 Å². The predicted molar refractivity (Wildman–Crippen MR) is 172 cm³/mol. The first-order valence-electron chi connectivity index (χ1n) is 14.6. The number of benzene rings is 2. The molecule has 0 radical (unpaired) electrons. The van der Waals surface area contributed by atoms with Crippen LogP contribution in [0.1, 0.15) is 47.2 Å². The van der Waals surface area contributed by atoms with Crippen LogP contribution in [0, 0.1) is 0 Å². The van der Waals surface area contributed by atoms with E-state index in [0.717, 1.165) is 29.5 Å². The van der Waals surface area contributed by atoms with Crippen molar-refractivity contribution in [2.24, 2.45) is 0 Å². The number of nitrogens with one attached hydrogen (secondary N) is 1. The molecule has 2 aromatic heterocycles. The van der Waals surface area contributed by atoms with Gasteiger partial charge in [0.25, 0.3) is 0 Å². The lowest BCUT2D eigenvalue weighted by molar-refractivity contribution is -0.119. The molecule has 2 amide bonds. The third-order valence-electron chi connectivity index (χ3n) is 8.27. The highest BCUT2D eigenvalue weighted by Gasteiger charge is 2.26. The molecule has 0 saturated carbocycles. The number of amides is 2. The average molecular weight is 646 g/mol. The predicted octanol–water partition coefficient (Wildman–Crippen LogP) is 7.07. The summed E-state index contributed by atoms with van der Waals surface area (Å²) in [5.41, 5.74) is 6.34. The van der Waals surface area contributed by atoms with Crippen molar-refractivity contribution in [3.05, 3.63) is 87.5 Å². The van der Waals surface area contributed by atoms with E-state index >= 15 is 0 Å². The number of carbonyl (C=O) groups excluding carboxylic acids is 2. The minimum atomic E-state index is -1.10. The number of rotatable bonds is 8. The summed E-state index contributed by atoms with van der Waals surface area (Å²) >= 11 is 14.0. The van der Waals surface area contributed by atoms with Crippen molar-refractivity contribution in [3.63, 3.8) is 0 Å². The maximum Gasteiger partial charge on any atom is 0.407 e. The van der Waals surface area contributed by atoms with Crippen molar-refractivity contribution < 1.29 is 24.2 Å². The number of halogens is 2. The van der Waals surface area contributed by atoms with Gasteiger partial charge in [0.15, 0.2) is 5.78 Å². The first kappa shape index (κ1) is 30.6. The van der Waals surface area contributed by atoms with Crippen molar-refractivity contribution in [1.82, 2.24) is 20.2 Å². The fourth-order valence-corrected chi connectivity index (χ4v) is 6.64. The molecule has 45 heavy (non-hydrogen) atoms. The summed E-state index contributed by atoms with van der Waals surface area (Å²) in [6, 6.07) is 16.4. The second-order valence-electron chi connectivity index (χ2n) is 11.2. The molecule has 11 heteroatoms. The van der Waals surface area contributed by atoms with Gasteiger partial charge in [-0.25, -0.2) is 9.78 Å². The molecule has 2 N–H and O–H groups in total. The highest BCUT2D eigenvalue weighted by Crippen LogP contribution is 2.42. The van der Waals surface area contributed by atoms with E-state index in [1.807, 2.05) is 42.5 Å². The lowest BCUT2D eigenvalue weighted by Crippen LogP contribution is -2.41. The van der Waals surface area contributed by atoms with E-state index in [-0.39, 0.29) is 36.7 Å². The molecule has 3 heterocycles. The molecule has 1 saturated heterocycles. The average Bonchev–Trinajstić information content (AvgIpc) is 3.45. The normalized spacial score (nSPS) is 15.8. The largest absolute Gasteiger partial charge is 0.481 e. The van der Waals surface area contributed by atoms with Crippen LogP contribution in [0.15, 0.2) is 60.8 Å². The van der Waals surface area contributed by atoms with Crippen LogP contribution in [-0.2, 0) is 17.8 Å². The van der Waals surface area contributed by atoms with Crippen LogP contribution in [0.2, 0.25) is 10.0 Å². The van der Waals surface area contributed by atoms with Gasteiger partial charge < -0.3 is 20.1 Å². The van der Waals surface area contributed by atoms with Crippen LogP contribution in [0.5, 0.6) is 5.88 Å². The van der Waals surface area contributed by atoms with Crippen LogP contribution in [0.4, 0.5) is 4.79 Å². The second kappa shape index (κ2) is 12.9. The molecular weight excluding hydrogens is 615 g/mol. The Balaban J connectivity index is 1.30. The number of aryl methyl sites for hydroxylation is 1. The molecule has 2 aliphatic rings. The lowest BCUT2D eigenvalue weighted by Gasteiger charge is -2.23. The zero-order chi connectivity index (χ0) is 31.7.